The number of nitrogens with one attached hydrogen (secondary N) is 3. The van der Waals surface area contributed by atoms with Crippen molar-refractivity contribution in [3.8, 4) is 11.3 Å². The predicted molar refractivity (Wildman–Crippen MR) is 133 cm³/mol. The molecule has 1 aromatic heterocycles. The smallest absolute Gasteiger partial charge is 0.250 e. The summed E-state index contributed by atoms with van der Waals surface area (Å²) in [7, 11) is 0. The summed E-state index contributed by atoms with van der Waals surface area (Å²) in [5.74, 6) is 0.785. The van der Waals surface area contributed by atoms with Gasteiger partial charge in [0.2, 0.25) is 11.8 Å². The molecule has 0 bridgehead atoms. The molecule has 3 N–H and O–H groups in total. The lowest BCUT2D eigenvalue weighted by Gasteiger charge is -2.09. The number of carbonyl (C=O) groups is 2. The SMILES string of the molecule is CCCC(=O)Nc1ccc(NC(=S)NC(=O)C=Cc2ccc(-c3ccc(Cl)cc3)o2)cc1. The molecule has 0 radical (unpaired) electrons. The van der Waals surface area contributed by atoms with Gasteiger partial charge < -0.3 is 15.1 Å². The number of carbonyl (C=O) groups excluding carboxylic acids is 2. The zero-order chi connectivity index (χ0) is 22.9. The monoisotopic (exact) mass is 467 g/mol. The van der Waals surface area contributed by atoms with Crippen molar-refractivity contribution in [1.29, 1.82) is 0 Å². The Hall–Kier alpha value is -3.42. The quantitative estimate of drug-likeness (QED) is 0.299. The third-order valence-corrected chi connectivity index (χ3v) is 4.75. The lowest BCUT2D eigenvalue weighted by Crippen LogP contribution is -2.32. The third kappa shape index (κ3) is 7.08. The molecule has 0 saturated heterocycles. The van der Waals surface area contributed by atoms with Crippen molar-refractivity contribution in [1.82, 2.24) is 5.32 Å². The Kier molecular flexibility index (Phi) is 8.19. The van der Waals surface area contributed by atoms with E-state index >= 15 is 0 Å². The average molecular weight is 468 g/mol. The van der Waals surface area contributed by atoms with E-state index < -0.39 is 5.91 Å². The number of anilines is 2. The van der Waals surface area contributed by atoms with E-state index in [2.05, 4.69) is 16.0 Å². The first kappa shape index (κ1) is 23.2. The second-order valence-electron chi connectivity index (χ2n) is 6.86. The van der Waals surface area contributed by atoms with E-state index in [0.717, 1.165) is 12.0 Å². The summed E-state index contributed by atoms with van der Waals surface area (Å²) in [6, 6.07) is 17.9. The first-order valence-electron chi connectivity index (χ1n) is 9.98. The fourth-order valence-electron chi connectivity index (χ4n) is 2.77. The number of rotatable bonds is 7. The molecule has 2 aromatic carbocycles. The Bertz CT molecular complexity index is 1120. The van der Waals surface area contributed by atoms with Gasteiger partial charge in [-0.15, -0.1) is 0 Å². The summed E-state index contributed by atoms with van der Waals surface area (Å²) in [4.78, 5) is 23.8. The first-order valence-corrected chi connectivity index (χ1v) is 10.8. The van der Waals surface area contributed by atoms with E-state index in [-0.39, 0.29) is 11.0 Å². The van der Waals surface area contributed by atoms with Crippen molar-refractivity contribution in [2.45, 2.75) is 19.8 Å². The van der Waals surface area contributed by atoms with Gasteiger partial charge >= 0.3 is 0 Å². The molecule has 0 spiro atoms. The molecule has 0 aliphatic carbocycles. The lowest BCUT2D eigenvalue weighted by atomic mass is 10.2. The van der Waals surface area contributed by atoms with Crippen molar-refractivity contribution in [2.24, 2.45) is 0 Å². The van der Waals surface area contributed by atoms with Crippen LogP contribution in [0.2, 0.25) is 5.02 Å². The topological polar surface area (TPSA) is 83.4 Å². The zero-order valence-corrected chi connectivity index (χ0v) is 18.9. The summed E-state index contributed by atoms with van der Waals surface area (Å²) in [5.41, 5.74) is 2.27. The molecule has 164 valence electrons. The molecule has 32 heavy (non-hydrogen) atoms. The number of hydrogen-bond acceptors (Lipinski definition) is 4. The van der Waals surface area contributed by atoms with Crippen LogP contribution in [0.1, 0.15) is 25.5 Å². The average Bonchev–Trinajstić information content (AvgIpc) is 3.23. The van der Waals surface area contributed by atoms with Crippen LogP contribution < -0.4 is 16.0 Å². The van der Waals surface area contributed by atoms with Gasteiger partial charge in [0.05, 0.1) is 0 Å². The van der Waals surface area contributed by atoms with Crippen molar-refractivity contribution in [3.05, 3.63) is 77.5 Å². The van der Waals surface area contributed by atoms with Gasteiger partial charge in [-0.3, -0.25) is 14.9 Å². The first-order chi connectivity index (χ1) is 15.4. The summed E-state index contributed by atoms with van der Waals surface area (Å²) >= 11 is 11.1. The molecule has 6 nitrogen and oxygen atoms in total. The molecule has 0 atom stereocenters. The van der Waals surface area contributed by atoms with E-state index in [1.54, 1.807) is 48.5 Å². The van der Waals surface area contributed by atoms with Gasteiger partial charge in [0.25, 0.3) is 0 Å². The van der Waals surface area contributed by atoms with Gasteiger partial charge in [0, 0.05) is 34.5 Å². The molecule has 0 aliphatic rings. The van der Waals surface area contributed by atoms with Gasteiger partial charge in [-0.25, -0.2) is 0 Å². The molecular weight excluding hydrogens is 446 g/mol. The fraction of sp³-hybridized carbons (Fsp3) is 0.125. The minimum atomic E-state index is -0.393. The van der Waals surface area contributed by atoms with Crippen LogP contribution in [0.3, 0.4) is 0 Å². The highest BCUT2D eigenvalue weighted by Gasteiger charge is 2.06. The Morgan fingerprint density at radius 3 is 2.28 bits per heavy atom. The van der Waals surface area contributed by atoms with Crippen LogP contribution in [-0.2, 0) is 9.59 Å². The van der Waals surface area contributed by atoms with Crippen molar-refractivity contribution in [3.63, 3.8) is 0 Å². The highest BCUT2D eigenvalue weighted by molar-refractivity contribution is 7.80. The number of furan rings is 1. The van der Waals surface area contributed by atoms with Gasteiger partial charge in [-0.2, -0.15) is 0 Å². The normalized spacial score (nSPS) is 10.7. The standard InChI is InChI=1S/C24H22ClN3O3S/c1-2-3-22(29)26-18-8-10-19(11-9-18)27-24(32)28-23(30)15-13-20-12-14-21(31-20)16-4-6-17(25)7-5-16/h4-15H,2-3H2,1H3,(H,26,29)(H2,27,28,30,32). The van der Waals surface area contributed by atoms with Crippen molar-refractivity contribution < 1.29 is 14.0 Å². The molecule has 8 heteroatoms. The number of hydrogen-bond donors (Lipinski definition) is 3. The molecule has 0 saturated carbocycles. The van der Waals surface area contributed by atoms with Crippen LogP contribution in [0.15, 0.2) is 71.2 Å². The van der Waals surface area contributed by atoms with Gasteiger partial charge in [0.1, 0.15) is 11.5 Å². The van der Waals surface area contributed by atoms with E-state index in [1.807, 2.05) is 25.1 Å². The van der Waals surface area contributed by atoms with Crippen LogP contribution in [0.25, 0.3) is 17.4 Å². The molecule has 3 aromatic rings. The lowest BCUT2D eigenvalue weighted by molar-refractivity contribution is -0.116. The number of benzene rings is 2. The van der Waals surface area contributed by atoms with Crippen LogP contribution in [0, 0.1) is 0 Å². The second kappa shape index (κ2) is 11.3. The van der Waals surface area contributed by atoms with Crippen LogP contribution in [0.5, 0.6) is 0 Å². The Labute approximate surface area is 196 Å². The predicted octanol–water partition coefficient (Wildman–Crippen LogP) is 5.87. The van der Waals surface area contributed by atoms with Crippen LogP contribution in [-0.4, -0.2) is 16.9 Å². The number of halogens is 1. The molecule has 2 amide bonds. The molecular formula is C24H22ClN3O3S. The van der Waals surface area contributed by atoms with E-state index in [0.29, 0.717) is 34.3 Å². The fourth-order valence-corrected chi connectivity index (χ4v) is 3.12. The Morgan fingerprint density at radius 2 is 1.62 bits per heavy atom. The summed E-state index contributed by atoms with van der Waals surface area (Å²) < 4.78 is 5.73. The highest BCUT2D eigenvalue weighted by Crippen LogP contribution is 2.24. The molecule has 0 aliphatic heterocycles. The van der Waals surface area contributed by atoms with E-state index in [9.17, 15) is 9.59 Å². The molecule has 3 rings (SSSR count). The number of amides is 2. The largest absolute Gasteiger partial charge is 0.457 e. The van der Waals surface area contributed by atoms with Crippen molar-refractivity contribution in [2.75, 3.05) is 10.6 Å². The van der Waals surface area contributed by atoms with E-state index in [1.165, 1.54) is 6.08 Å². The maximum Gasteiger partial charge on any atom is 0.250 e. The minimum Gasteiger partial charge on any atom is -0.457 e. The maximum absolute atomic E-state index is 12.1. The van der Waals surface area contributed by atoms with Gasteiger partial charge in [-0.05, 0) is 85.4 Å². The Balaban J connectivity index is 1.49. The highest BCUT2D eigenvalue weighted by atomic mass is 35.5. The van der Waals surface area contributed by atoms with Crippen molar-refractivity contribution >= 4 is 58.2 Å². The maximum atomic E-state index is 12.1. The number of thiocarbonyl (C=S) groups is 1. The molecule has 0 fully saturated rings. The van der Waals surface area contributed by atoms with Crippen LogP contribution >= 0.6 is 23.8 Å². The molecule has 0 unspecified atom stereocenters. The molecule has 1 heterocycles. The Morgan fingerprint density at radius 1 is 0.969 bits per heavy atom. The third-order valence-electron chi connectivity index (χ3n) is 4.29. The summed E-state index contributed by atoms with van der Waals surface area (Å²) in [6.45, 7) is 1.95. The second-order valence-corrected chi connectivity index (χ2v) is 7.71. The van der Waals surface area contributed by atoms with E-state index in [4.69, 9.17) is 28.2 Å². The summed E-state index contributed by atoms with van der Waals surface area (Å²) in [6.07, 6.45) is 4.16. The summed E-state index contributed by atoms with van der Waals surface area (Å²) in [5, 5.41) is 9.12. The van der Waals surface area contributed by atoms with Gasteiger partial charge in [0.15, 0.2) is 5.11 Å². The van der Waals surface area contributed by atoms with Gasteiger partial charge in [-0.1, -0.05) is 18.5 Å². The minimum absolute atomic E-state index is 0.0281. The van der Waals surface area contributed by atoms with Crippen LogP contribution in [0.4, 0.5) is 11.4 Å². The zero-order valence-electron chi connectivity index (χ0n) is 17.4.